The highest BCUT2D eigenvalue weighted by molar-refractivity contribution is 6.31. The van der Waals surface area contributed by atoms with Gasteiger partial charge in [0.15, 0.2) is 11.5 Å². The number of anilines is 1. The lowest BCUT2D eigenvalue weighted by Crippen LogP contribution is -2.56. The van der Waals surface area contributed by atoms with Gasteiger partial charge in [-0.15, -0.1) is 10.2 Å². The van der Waals surface area contributed by atoms with Crippen molar-refractivity contribution in [2.24, 2.45) is 5.73 Å². The first-order valence-corrected chi connectivity index (χ1v) is 6.26. The Balaban J connectivity index is 2.02. The molecular weight excluding hydrogens is 266 g/mol. The van der Waals surface area contributed by atoms with Crippen LogP contribution in [-0.4, -0.2) is 43.7 Å². The lowest BCUT2D eigenvalue weighted by Gasteiger charge is -2.37. The standard InChI is InChI=1S/C11H10ClN7/c12-6-1-8-9(14-2-6)16-10(18-3-7(13)4-18)11-17-15-5-19(8)11/h1-2,5,7H,3-4,13H2. The summed E-state index contributed by atoms with van der Waals surface area (Å²) >= 11 is 5.97. The zero-order chi connectivity index (χ0) is 13.0. The van der Waals surface area contributed by atoms with E-state index in [1.54, 1.807) is 18.6 Å². The Labute approximate surface area is 113 Å². The van der Waals surface area contributed by atoms with E-state index >= 15 is 0 Å². The van der Waals surface area contributed by atoms with E-state index < -0.39 is 0 Å². The fraction of sp³-hybridized carbons (Fsp3) is 0.273. The third kappa shape index (κ3) is 1.55. The second-order valence-electron chi connectivity index (χ2n) is 4.62. The maximum Gasteiger partial charge on any atom is 0.204 e. The SMILES string of the molecule is NC1CN(c2nc3ncc(Cl)cc3n3cnnc23)C1. The Morgan fingerprint density at radius 1 is 1.37 bits per heavy atom. The molecule has 1 saturated heterocycles. The number of hydrogen-bond acceptors (Lipinski definition) is 6. The molecule has 19 heavy (non-hydrogen) atoms. The summed E-state index contributed by atoms with van der Waals surface area (Å²) in [4.78, 5) is 10.9. The van der Waals surface area contributed by atoms with Crippen molar-refractivity contribution in [3.8, 4) is 0 Å². The zero-order valence-corrected chi connectivity index (χ0v) is 10.6. The summed E-state index contributed by atoms with van der Waals surface area (Å²) in [5, 5.41) is 8.63. The smallest absolute Gasteiger partial charge is 0.204 e. The molecule has 2 N–H and O–H groups in total. The van der Waals surface area contributed by atoms with Crippen LogP contribution in [0.15, 0.2) is 18.6 Å². The highest BCUT2D eigenvalue weighted by Gasteiger charge is 2.27. The van der Waals surface area contributed by atoms with Crippen molar-refractivity contribution < 1.29 is 0 Å². The van der Waals surface area contributed by atoms with Gasteiger partial charge in [0, 0.05) is 25.3 Å². The predicted molar refractivity (Wildman–Crippen MR) is 71.3 cm³/mol. The monoisotopic (exact) mass is 275 g/mol. The Hall–Kier alpha value is -1.99. The molecular formula is C11H10ClN7. The molecule has 0 bridgehead atoms. The number of nitrogens with two attached hydrogens (primary N) is 1. The summed E-state index contributed by atoms with van der Waals surface area (Å²) < 4.78 is 1.85. The van der Waals surface area contributed by atoms with Crippen molar-refractivity contribution in [1.29, 1.82) is 0 Å². The molecule has 4 heterocycles. The van der Waals surface area contributed by atoms with Gasteiger partial charge in [-0.1, -0.05) is 11.6 Å². The molecule has 0 aromatic carbocycles. The van der Waals surface area contributed by atoms with Gasteiger partial charge in [0.05, 0.1) is 10.5 Å². The summed E-state index contributed by atoms with van der Waals surface area (Å²) in [6.07, 6.45) is 3.22. The predicted octanol–water partition coefficient (Wildman–Crippen LogP) is 0.473. The Morgan fingerprint density at radius 2 is 2.21 bits per heavy atom. The van der Waals surface area contributed by atoms with Crippen LogP contribution in [0.3, 0.4) is 0 Å². The van der Waals surface area contributed by atoms with Crippen LogP contribution in [0, 0.1) is 0 Å². The van der Waals surface area contributed by atoms with E-state index in [4.69, 9.17) is 17.3 Å². The van der Waals surface area contributed by atoms with Crippen LogP contribution in [0.25, 0.3) is 16.8 Å². The number of rotatable bonds is 1. The van der Waals surface area contributed by atoms with E-state index in [9.17, 15) is 0 Å². The average molecular weight is 276 g/mol. The molecule has 1 fully saturated rings. The number of halogens is 1. The third-order valence-corrected chi connectivity index (χ3v) is 3.45. The van der Waals surface area contributed by atoms with Crippen molar-refractivity contribution >= 4 is 34.2 Å². The van der Waals surface area contributed by atoms with Crippen LogP contribution in [0.4, 0.5) is 5.82 Å². The minimum atomic E-state index is 0.193. The third-order valence-electron chi connectivity index (χ3n) is 3.24. The topological polar surface area (TPSA) is 85.2 Å². The van der Waals surface area contributed by atoms with Crippen molar-refractivity contribution in [2.75, 3.05) is 18.0 Å². The number of fused-ring (bicyclic) bond motifs is 3. The molecule has 96 valence electrons. The van der Waals surface area contributed by atoms with Crippen LogP contribution >= 0.6 is 11.6 Å². The molecule has 0 amide bonds. The quantitative estimate of drug-likeness (QED) is 0.695. The van der Waals surface area contributed by atoms with E-state index in [1.807, 2.05) is 4.40 Å². The second-order valence-corrected chi connectivity index (χ2v) is 5.06. The highest BCUT2D eigenvalue weighted by atomic mass is 35.5. The molecule has 3 aromatic rings. The molecule has 8 heteroatoms. The first-order valence-electron chi connectivity index (χ1n) is 5.88. The van der Waals surface area contributed by atoms with Gasteiger partial charge >= 0.3 is 0 Å². The minimum absolute atomic E-state index is 0.193. The number of pyridine rings is 1. The molecule has 4 rings (SSSR count). The number of nitrogens with zero attached hydrogens (tertiary/aromatic N) is 6. The Morgan fingerprint density at radius 3 is 3.00 bits per heavy atom. The first kappa shape index (κ1) is 10.9. The molecule has 1 aliphatic heterocycles. The van der Waals surface area contributed by atoms with E-state index in [2.05, 4.69) is 25.1 Å². The average Bonchev–Trinajstić information content (AvgIpc) is 2.84. The van der Waals surface area contributed by atoms with Crippen molar-refractivity contribution in [1.82, 2.24) is 24.6 Å². The summed E-state index contributed by atoms with van der Waals surface area (Å²) in [6, 6.07) is 2.00. The number of hydrogen-bond donors (Lipinski definition) is 1. The molecule has 0 atom stereocenters. The number of aromatic nitrogens is 5. The normalized spacial score (nSPS) is 16.2. The van der Waals surface area contributed by atoms with Crippen LogP contribution in [0.5, 0.6) is 0 Å². The summed E-state index contributed by atoms with van der Waals surface area (Å²) in [5.41, 5.74) is 7.92. The maximum absolute atomic E-state index is 5.97. The van der Waals surface area contributed by atoms with E-state index in [0.29, 0.717) is 16.3 Å². The van der Waals surface area contributed by atoms with Gasteiger partial charge < -0.3 is 10.6 Å². The van der Waals surface area contributed by atoms with Gasteiger partial charge in [0.25, 0.3) is 0 Å². The van der Waals surface area contributed by atoms with Gasteiger partial charge in [0.1, 0.15) is 6.33 Å². The lowest BCUT2D eigenvalue weighted by atomic mass is 10.1. The molecule has 0 spiro atoms. The van der Waals surface area contributed by atoms with Crippen molar-refractivity contribution in [2.45, 2.75) is 6.04 Å². The molecule has 0 aliphatic carbocycles. The van der Waals surface area contributed by atoms with Crippen LogP contribution in [0.2, 0.25) is 5.02 Å². The zero-order valence-electron chi connectivity index (χ0n) is 9.86. The van der Waals surface area contributed by atoms with Crippen molar-refractivity contribution in [3.05, 3.63) is 23.6 Å². The summed E-state index contributed by atoms with van der Waals surface area (Å²) in [7, 11) is 0. The van der Waals surface area contributed by atoms with Gasteiger partial charge in [-0.05, 0) is 6.07 Å². The van der Waals surface area contributed by atoms with Crippen LogP contribution in [-0.2, 0) is 0 Å². The van der Waals surface area contributed by atoms with Gasteiger partial charge in [-0.25, -0.2) is 9.97 Å². The van der Waals surface area contributed by atoms with Crippen molar-refractivity contribution in [3.63, 3.8) is 0 Å². The van der Waals surface area contributed by atoms with E-state index in [-0.39, 0.29) is 6.04 Å². The van der Waals surface area contributed by atoms with Gasteiger partial charge in [-0.2, -0.15) is 0 Å². The molecule has 7 nitrogen and oxygen atoms in total. The fourth-order valence-electron chi connectivity index (χ4n) is 2.30. The van der Waals surface area contributed by atoms with Crippen LogP contribution < -0.4 is 10.6 Å². The second kappa shape index (κ2) is 3.75. The summed E-state index contributed by atoms with van der Waals surface area (Å²) in [6.45, 7) is 1.54. The Bertz CT molecular complexity index is 777. The highest BCUT2D eigenvalue weighted by Crippen LogP contribution is 2.26. The van der Waals surface area contributed by atoms with Gasteiger partial charge in [-0.3, -0.25) is 4.40 Å². The van der Waals surface area contributed by atoms with E-state index in [1.165, 1.54) is 0 Å². The first-order chi connectivity index (χ1) is 9.22. The molecule has 1 aliphatic rings. The molecule has 0 radical (unpaired) electrons. The van der Waals surface area contributed by atoms with Gasteiger partial charge in [0.2, 0.25) is 5.65 Å². The minimum Gasteiger partial charge on any atom is -0.350 e. The van der Waals surface area contributed by atoms with Crippen LogP contribution in [0.1, 0.15) is 0 Å². The molecule has 3 aromatic heterocycles. The fourth-order valence-corrected chi connectivity index (χ4v) is 2.45. The Kier molecular flexibility index (Phi) is 2.15. The molecule has 0 unspecified atom stereocenters. The summed E-state index contributed by atoms with van der Waals surface area (Å²) in [5.74, 6) is 0.765. The largest absolute Gasteiger partial charge is 0.350 e. The lowest BCUT2D eigenvalue weighted by molar-refractivity contribution is 0.515. The maximum atomic E-state index is 5.97. The van der Waals surface area contributed by atoms with E-state index in [0.717, 1.165) is 24.4 Å². The molecule has 0 saturated carbocycles.